The van der Waals surface area contributed by atoms with E-state index in [4.69, 9.17) is 23.8 Å². The number of anilines is 1. The zero-order valence-electron chi connectivity index (χ0n) is 9.85. The van der Waals surface area contributed by atoms with E-state index in [0.717, 1.165) is 11.4 Å². The number of halogens is 1. The molecule has 0 fully saturated rings. The van der Waals surface area contributed by atoms with Crippen molar-refractivity contribution in [2.75, 3.05) is 5.32 Å². The van der Waals surface area contributed by atoms with E-state index < -0.39 is 0 Å². The molecule has 4 nitrogen and oxygen atoms in total. The third-order valence-electron chi connectivity index (χ3n) is 2.46. The highest BCUT2D eigenvalue weighted by Gasteiger charge is 2.06. The number of aromatic nitrogens is 2. The van der Waals surface area contributed by atoms with Gasteiger partial charge in [0.2, 0.25) is 0 Å². The van der Waals surface area contributed by atoms with E-state index in [9.17, 15) is 0 Å². The van der Waals surface area contributed by atoms with E-state index in [1.54, 1.807) is 10.9 Å². The monoisotopic (exact) mass is 280 g/mol. The Bertz CT molecular complexity index is 519. The second-order valence-electron chi connectivity index (χ2n) is 3.74. The molecule has 1 aromatic heterocycles. The molecule has 2 aromatic rings. The van der Waals surface area contributed by atoms with Crippen LogP contribution < -0.4 is 10.6 Å². The van der Waals surface area contributed by atoms with E-state index in [1.807, 2.05) is 37.4 Å². The minimum absolute atomic E-state index is 0.536. The van der Waals surface area contributed by atoms with Gasteiger partial charge in [-0.2, -0.15) is 5.10 Å². The minimum Gasteiger partial charge on any atom is -0.357 e. The summed E-state index contributed by atoms with van der Waals surface area (Å²) in [6.45, 7) is 0.536. The first-order valence-corrected chi connectivity index (χ1v) is 6.21. The molecule has 0 radical (unpaired) electrons. The van der Waals surface area contributed by atoms with Crippen molar-refractivity contribution in [3.8, 4) is 0 Å². The zero-order chi connectivity index (χ0) is 13.0. The summed E-state index contributed by atoms with van der Waals surface area (Å²) in [5, 5.41) is 11.4. The van der Waals surface area contributed by atoms with Crippen LogP contribution in [0.15, 0.2) is 36.5 Å². The van der Waals surface area contributed by atoms with Crippen LogP contribution >= 0.6 is 23.8 Å². The van der Waals surface area contributed by atoms with Crippen molar-refractivity contribution in [2.24, 2.45) is 7.05 Å². The molecule has 0 saturated carbocycles. The van der Waals surface area contributed by atoms with Crippen LogP contribution in [0.3, 0.4) is 0 Å². The van der Waals surface area contributed by atoms with E-state index in [0.29, 0.717) is 16.7 Å². The lowest BCUT2D eigenvalue weighted by atomic mass is 10.3. The summed E-state index contributed by atoms with van der Waals surface area (Å²) in [6.07, 6.45) is 1.62. The van der Waals surface area contributed by atoms with Gasteiger partial charge in [-0.05, 0) is 24.4 Å². The van der Waals surface area contributed by atoms with Crippen molar-refractivity contribution < 1.29 is 0 Å². The van der Waals surface area contributed by atoms with Crippen LogP contribution in [0.1, 0.15) is 5.69 Å². The lowest BCUT2D eigenvalue weighted by Gasteiger charge is -2.10. The van der Waals surface area contributed by atoms with Gasteiger partial charge in [-0.15, -0.1) is 0 Å². The third-order valence-corrected chi connectivity index (χ3v) is 3.02. The predicted octanol–water partition coefficient (Wildman–Crippen LogP) is 2.56. The van der Waals surface area contributed by atoms with Crippen molar-refractivity contribution in [1.82, 2.24) is 15.1 Å². The van der Waals surface area contributed by atoms with E-state index in [-0.39, 0.29) is 0 Å². The van der Waals surface area contributed by atoms with Gasteiger partial charge in [-0.1, -0.05) is 29.8 Å². The molecule has 0 aliphatic heterocycles. The van der Waals surface area contributed by atoms with Gasteiger partial charge in [0.25, 0.3) is 0 Å². The number of thiocarbonyl (C=S) groups is 1. The van der Waals surface area contributed by atoms with Crippen LogP contribution in [0.2, 0.25) is 5.02 Å². The Hall–Kier alpha value is -1.59. The standard InChI is InChI=1S/C12H13ClN4S/c1-17-11(10(13)7-15-17)8-14-12(18)16-9-5-3-2-4-6-9/h2-7H,8H2,1H3,(H2,14,16,18). The summed E-state index contributed by atoms with van der Waals surface area (Å²) in [6, 6.07) is 9.75. The summed E-state index contributed by atoms with van der Waals surface area (Å²) in [5.41, 5.74) is 1.85. The Balaban J connectivity index is 1.89. The van der Waals surface area contributed by atoms with Gasteiger partial charge in [0.05, 0.1) is 23.5 Å². The van der Waals surface area contributed by atoms with Gasteiger partial charge in [0, 0.05) is 12.7 Å². The first-order valence-electron chi connectivity index (χ1n) is 5.43. The topological polar surface area (TPSA) is 41.9 Å². The number of benzene rings is 1. The molecule has 1 aromatic carbocycles. The quantitative estimate of drug-likeness (QED) is 0.848. The second kappa shape index (κ2) is 5.84. The largest absolute Gasteiger partial charge is 0.357 e. The number of rotatable bonds is 3. The molecular weight excluding hydrogens is 268 g/mol. The van der Waals surface area contributed by atoms with Crippen molar-refractivity contribution in [3.05, 3.63) is 47.2 Å². The third kappa shape index (κ3) is 3.21. The predicted molar refractivity (Wildman–Crippen MR) is 77.7 cm³/mol. The number of hydrogen-bond acceptors (Lipinski definition) is 2. The first-order chi connectivity index (χ1) is 8.66. The van der Waals surface area contributed by atoms with E-state index in [2.05, 4.69) is 15.7 Å². The average Bonchev–Trinajstić information content (AvgIpc) is 2.68. The molecule has 94 valence electrons. The number of nitrogens with one attached hydrogen (secondary N) is 2. The van der Waals surface area contributed by atoms with Crippen LogP contribution in [0, 0.1) is 0 Å². The van der Waals surface area contributed by atoms with Crippen LogP contribution in [0.5, 0.6) is 0 Å². The molecule has 0 spiro atoms. The maximum atomic E-state index is 6.00. The molecule has 0 aliphatic carbocycles. The van der Waals surface area contributed by atoms with E-state index in [1.165, 1.54) is 0 Å². The molecule has 18 heavy (non-hydrogen) atoms. The number of hydrogen-bond donors (Lipinski definition) is 2. The summed E-state index contributed by atoms with van der Waals surface area (Å²) in [5.74, 6) is 0. The summed E-state index contributed by atoms with van der Waals surface area (Å²) >= 11 is 11.2. The number of aryl methyl sites for hydroxylation is 1. The average molecular weight is 281 g/mol. The van der Waals surface area contributed by atoms with Gasteiger partial charge in [-0.25, -0.2) is 0 Å². The van der Waals surface area contributed by atoms with Gasteiger partial charge >= 0.3 is 0 Å². The zero-order valence-corrected chi connectivity index (χ0v) is 11.4. The fourth-order valence-electron chi connectivity index (χ4n) is 1.50. The van der Waals surface area contributed by atoms with Gasteiger partial charge in [0.15, 0.2) is 5.11 Å². The Labute approximate surface area is 116 Å². The van der Waals surface area contributed by atoms with Gasteiger partial charge in [-0.3, -0.25) is 4.68 Å². The molecule has 2 rings (SSSR count). The Morgan fingerprint density at radius 2 is 2.11 bits per heavy atom. The van der Waals surface area contributed by atoms with Crippen molar-refractivity contribution in [2.45, 2.75) is 6.54 Å². The molecule has 0 aliphatic rings. The summed E-state index contributed by atoms with van der Waals surface area (Å²) < 4.78 is 1.72. The highest BCUT2D eigenvalue weighted by molar-refractivity contribution is 7.80. The van der Waals surface area contributed by atoms with Gasteiger partial charge in [0.1, 0.15) is 0 Å². The smallest absolute Gasteiger partial charge is 0.171 e. The van der Waals surface area contributed by atoms with Crippen molar-refractivity contribution in [3.63, 3.8) is 0 Å². The minimum atomic E-state index is 0.536. The second-order valence-corrected chi connectivity index (χ2v) is 4.55. The van der Waals surface area contributed by atoms with E-state index >= 15 is 0 Å². The molecule has 0 bridgehead atoms. The van der Waals surface area contributed by atoms with Crippen LogP contribution in [0.25, 0.3) is 0 Å². The molecular formula is C12H13ClN4S. The summed E-state index contributed by atoms with van der Waals surface area (Å²) in [4.78, 5) is 0. The lowest BCUT2D eigenvalue weighted by molar-refractivity contribution is 0.695. The highest BCUT2D eigenvalue weighted by Crippen LogP contribution is 2.13. The Morgan fingerprint density at radius 1 is 1.39 bits per heavy atom. The SMILES string of the molecule is Cn1ncc(Cl)c1CNC(=S)Nc1ccccc1. The Kier molecular flexibility index (Phi) is 4.17. The maximum absolute atomic E-state index is 6.00. The van der Waals surface area contributed by atoms with Crippen LogP contribution in [-0.2, 0) is 13.6 Å². The molecule has 6 heteroatoms. The fourth-order valence-corrected chi connectivity index (χ4v) is 1.92. The number of para-hydroxylation sites is 1. The van der Waals surface area contributed by atoms with Gasteiger partial charge < -0.3 is 10.6 Å². The Morgan fingerprint density at radius 3 is 2.72 bits per heavy atom. The normalized spacial score (nSPS) is 10.1. The maximum Gasteiger partial charge on any atom is 0.171 e. The summed E-state index contributed by atoms with van der Waals surface area (Å²) in [7, 11) is 1.84. The van der Waals surface area contributed by atoms with Crippen LogP contribution in [0.4, 0.5) is 5.69 Å². The lowest BCUT2D eigenvalue weighted by Crippen LogP contribution is -2.28. The molecule has 1 heterocycles. The molecule has 0 unspecified atom stereocenters. The molecule has 2 N–H and O–H groups in total. The van der Waals surface area contributed by atoms with Crippen LogP contribution in [-0.4, -0.2) is 14.9 Å². The fraction of sp³-hybridized carbons (Fsp3) is 0.167. The van der Waals surface area contributed by atoms with Crippen molar-refractivity contribution >= 4 is 34.6 Å². The number of nitrogens with zero attached hydrogens (tertiary/aromatic N) is 2. The molecule has 0 amide bonds. The highest BCUT2D eigenvalue weighted by atomic mass is 35.5. The first kappa shape index (κ1) is 12.9. The molecule has 0 atom stereocenters. The van der Waals surface area contributed by atoms with Crippen molar-refractivity contribution in [1.29, 1.82) is 0 Å². The molecule has 0 saturated heterocycles.